The number of rotatable bonds is 9. The van der Waals surface area contributed by atoms with E-state index in [1.165, 1.54) is 6.26 Å². The predicted octanol–water partition coefficient (Wildman–Crippen LogP) is 0.456. The summed E-state index contributed by atoms with van der Waals surface area (Å²) in [7, 11) is 1.67. The van der Waals surface area contributed by atoms with Crippen molar-refractivity contribution in [3.63, 3.8) is 0 Å². The number of β-amino-alcohol motifs (C(OH)–C–C–N with tert-alkyl or cyclic N) is 1. The first-order valence-corrected chi connectivity index (χ1v) is 13.6. The molecule has 38 heavy (non-hydrogen) atoms. The fraction of sp³-hybridized carbons (Fsp3) is 0.630. The molecular formula is C27H40N6O5. The summed E-state index contributed by atoms with van der Waals surface area (Å²) in [5, 5.41) is 10.5. The molecule has 3 aliphatic heterocycles. The molecule has 3 fully saturated rings. The van der Waals surface area contributed by atoms with Crippen LogP contribution in [0.4, 0.5) is 5.69 Å². The first-order chi connectivity index (χ1) is 18.6. The van der Waals surface area contributed by atoms with Gasteiger partial charge in [-0.25, -0.2) is 4.98 Å². The Labute approximate surface area is 224 Å². The van der Waals surface area contributed by atoms with Crippen LogP contribution < -0.4 is 9.64 Å². The van der Waals surface area contributed by atoms with E-state index in [-0.39, 0.29) is 12.0 Å². The summed E-state index contributed by atoms with van der Waals surface area (Å²) >= 11 is 0. The van der Waals surface area contributed by atoms with Gasteiger partial charge in [-0.3, -0.25) is 19.5 Å². The zero-order valence-electron chi connectivity index (χ0n) is 22.3. The number of benzene rings is 1. The number of hydrogen-bond acceptors (Lipinski definition) is 10. The third kappa shape index (κ3) is 7.03. The number of oxazole rings is 1. The molecule has 3 aliphatic rings. The molecule has 0 radical (unpaired) electrons. The SMILES string of the molecule is COc1cccc(N2CCN(C(=O)c3coc(CN4CCN(CC(O)CN5CCOCC5)CC4)n3)CC2)c1. The largest absolute Gasteiger partial charge is 0.497 e. The minimum absolute atomic E-state index is 0.0793. The second-order valence-corrected chi connectivity index (χ2v) is 10.3. The van der Waals surface area contributed by atoms with Crippen molar-refractivity contribution in [2.75, 3.05) is 104 Å². The quantitative estimate of drug-likeness (QED) is 0.494. The van der Waals surface area contributed by atoms with Crippen molar-refractivity contribution >= 4 is 11.6 Å². The average molecular weight is 529 g/mol. The summed E-state index contributed by atoms with van der Waals surface area (Å²) in [6, 6.07) is 8.01. The van der Waals surface area contributed by atoms with E-state index in [9.17, 15) is 9.90 Å². The lowest BCUT2D eigenvalue weighted by Crippen LogP contribution is -2.50. The number of aliphatic hydroxyl groups is 1. The van der Waals surface area contributed by atoms with Crippen LogP contribution in [0.5, 0.6) is 5.75 Å². The molecule has 5 rings (SSSR count). The molecule has 4 heterocycles. The molecule has 0 bridgehead atoms. The maximum atomic E-state index is 13.0. The molecular weight excluding hydrogens is 488 g/mol. The van der Waals surface area contributed by atoms with Crippen molar-refractivity contribution in [3.8, 4) is 5.75 Å². The van der Waals surface area contributed by atoms with Gasteiger partial charge in [0.2, 0.25) is 5.89 Å². The second-order valence-electron chi connectivity index (χ2n) is 10.3. The Morgan fingerprint density at radius 1 is 0.974 bits per heavy atom. The molecule has 3 saturated heterocycles. The molecule has 11 heteroatoms. The highest BCUT2D eigenvalue weighted by molar-refractivity contribution is 5.92. The molecule has 1 N–H and O–H groups in total. The molecule has 11 nitrogen and oxygen atoms in total. The summed E-state index contributed by atoms with van der Waals surface area (Å²) in [6.07, 6.45) is 1.14. The summed E-state index contributed by atoms with van der Waals surface area (Å²) in [5.41, 5.74) is 1.48. The minimum atomic E-state index is -0.350. The molecule has 1 amide bonds. The van der Waals surface area contributed by atoms with Crippen LogP contribution >= 0.6 is 0 Å². The van der Waals surface area contributed by atoms with Crippen molar-refractivity contribution in [1.29, 1.82) is 0 Å². The lowest BCUT2D eigenvalue weighted by Gasteiger charge is -2.36. The Bertz CT molecular complexity index is 1030. The number of nitrogens with zero attached hydrogens (tertiary/aromatic N) is 6. The highest BCUT2D eigenvalue weighted by atomic mass is 16.5. The van der Waals surface area contributed by atoms with Crippen molar-refractivity contribution < 1.29 is 23.8 Å². The smallest absolute Gasteiger partial charge is 0.275 e. The van der Waals surface area contributed by atoms with E-state index in [2.05, 4.69) is 30.6 Å². The maximum Gasteiger partial charge on any atom is 0.275 e. The van der Waals surface area contributed by atoms with Gasteiger partial charge < -0.3 is 28.8 Å². The normalized spacial score (nSPS) is 21.0. The Morgan fingerprint density at radius 3 is 2.37 bits per heavy atom. The van der Waals surface area contributed by atoms with Gasteiger partial charge in [0.1, 0.15) is 12.0 Å². The van der Waals surface area contributed by atoms with Crippen LogP contribution in [0.1, 0.15) is 16.4 Å². The lowest BCUT2D eigenvalue weighted by molar-refractivity contribution is 0.00187. The average Bonchev–Trinajstić information content (AvgIpc) is 3.43. The number of hydrogen-bond donors (Lipinski definition) is 1. The van der Waals surface area contributed by atoms with Gasteiger partial charge in [-0.2, -0.15) is 0 Å². The molecule has 0 aliphatic carbocycles. The van der Waals surface area contributed by atoms with Gasteiger partial charge in [0.05, 0.1) is 33.0 Å². The van der Waals surface area contributed by atoms with Gasteiger partial charge in [-0.15, -0.1) is 0 Å². The number of carbonyl (C=O) groups is 1. The Kier molecular flexibility index (Phi) is 9.13. The summed E-state index contributed by atoms with van der Waals surface area (Å²) in [4.78, 5) is 28.5. The molecule has 1 unspecified atom stereocenters. The van der Waals surface area contributed by atoms with E-state index in [1.807, 2.05) is 23.1 Å². The van der Waals surface area contributed by atoms with E-state index in [0.29, 0.717) is 44.3 Å². The molecule has 208 valence electrons. The third-order valence-corrected chi connectivity index (χ3v) is 7.62. The Morgan fingerprint density at radius 2 is 1.66 bits per heavy atom. The monoisotopic (exact) mass is 528 g/mol. The van der Waals surface area contributed by atoms with Crippen LogP contribution in [0.2, 0.25) is 0 Å². The van der Waals surface area contributed by atoms with Crippen molar-refractivity contribution in [2.45, 2.75) is 12.6 Å². The predicted molar refractivity (Wildman–Crippen MR) is 143 cm³/mol. The van der Waals surface area contributed by atoms with Crippen LogP contribution in [0.3, 0.4) is 0 Å². The van der Waals surface area contributed by atoms with Crippen molar-refractivity contribution in [1.82, 2.24) is 24.6 Å². The number of ether oxygens (including phenoxy) is 2. The number of piperazine rings is 2. The van der Waals surface area contributed by atoms with E-state index in [0.717, 1.165) is 77.0 Å². The van der Waals surface area contributed by atoms with Crippen molar-refractivity contribution in [3.05, 3.63) is 42.1 Å². The van der Waals surface area contributed by atoms with E-state index in [4.69, 9.17) is 13.9 Å². The lowest BCUT2D eigenvalue weighted by atomic mass is 10.2. The van der Waals surface area contributed by atoms with E-state index in [1.54, 1.807) is 7.11 Å². The van der Waals surface area contributed by atoms with Crippen molar-refractivity contribution in [2.24, 2.45) is 0 Å². The molecule has 1 aromatic heterocycles. The number of aliphatic hydroxyl groups excluding tert-OH is 1. The second kappa shape index (κ2) is 12.9. The van der Waals surface area contributed by atoms with Gasteiger partial charge in [0.25, 0.3) is 5.91 Å². The van der Waals surface area contributed by atoms with Gasteiger partial charge in [-0.05, 0) is 12.1 Å². The molecule has 1 atom stereocenters. The molecule has 0 spiro atoms. The zero-order chi connectivity index (χ0) is 26.3. The van der Waals surface area contributed by atoms with E-state index >= 15 is 0 Å². The van der Waals surface area contributed by atoms with Crippen LogP contribution in [-0.2, 0) is 11.3 Å². The first-order valence-electron chi connectivity index (χ1n) is 13.6. The fourth-order valence-corrected chi connectivity index (χ4v) is 5.38. The highest BCUT2D eigenvalue weighted by Gasteiger charge is 2.26. The van der Waals surface area contributed by atoms with Crippen LogP contribution in [0.15, 0.2) is 34.9 Å². The fourth-order valence-electron chi connectivity index (χ4n) is 5.38. The van der Waals surface area contributed by atoms with E-state index < -0.39 is 0 Å². The van der Waals surface area contributed by atoms with Crippen LogP contribution in [-0.4, -0.2) is 141 Å². The maximum absolute atomic E-state index is 13.0. The summed E-state index contributed by atoms with van der Waals surface area (Å²) in [5.74, 6) is 1.33. The summed E-state index contributed by atoms with van der Waals surface area (Å²) in [6.45, 7) is 11.6. The van der Waals surface area contributed by atoms with Gasteiger partial charge in [0, 0.05) is 90.3 Å². The minimum Gasteiger partial charge on any atom is -0.497 e. The Hall–Kier alpha value is -2.70. The Balaban J connectivity index is 1.03. The van der Waals surface area contributed by atoms with Gasteiger partial charge in [-0.1, -0.05) is 6.07 Å². The van der Waals surface area contributed by atoms with Crippen LogP contribution in [0.25, 0.3) is 0 Å². The van der Waals surface area contributed by atoms with Crippen LogP contribution in [0, 0.1) is 0 Å². The molecule has 2 aromatic rings. The molecule has 1 aromatic carbocycles. The number of anilines is 1. The third-order valence-electron chi connectivity index (χ3n) is 7.62. The van der Waals surface area contributed by atoms with Gasteiger partial charge in [0.15, 0.2) is 5.69 Å². The number of amides is 1. The highest BCUT2D eigenvalue weighted by Crippen LogP contribution is 2.22. The topological polar surface area (TPSA) is 98.0 Å². The standard InChI is InChI=1S/C27H40N6O5/c1-36-24-4-2-3-22(17-24)32-9-11-33(12-10-32)27(35)25-21-38-26(28-25)20-30-7-5-29(6-8-30)18-23(34)19-31-13-15-37-16-14-31/h2-4,17,21,23,34H,5-16,18-20H2,1H3. The number of morpholine rings is 1. The molecule has 0 saturated carbocycles. The first kappa shape index (κ1) is 26.9. The summed E-state index contributed by atoms with van der Waals surface area (Å²) < 4.78 is 16.4. The number of methoxy groups -OCH3 is 1. The number of aromatic nitrogens is 1. The number of carbonyl (C=O) groups excluding carboxylic acids is 1. The zero-order valence-corrected chi connectivity index (χ0v) is 22.3. The van der Waals surface area contributed by atoms with Gasteiger partial charge >= 0.3 is 0 Å².